The molecule has 1 atom stereocenters. The van der Waals surface area contributed by atoms with E-state index in [1.54, 1.807) is 12.1 Å². The van der Waals surface area contributed by atoms with Crippen LogP contribution < -0.4 is 10.1 Å². The van der Waals surface area contributed by atoms with E-state index >= 15 is 0 Å². The maximum atomic E-state index is 11.7. The minimum absolute atomic E-state index is 0.381. The van der Waals surface area contributed by atoms with Gasteiger partial charge in [0.05, 0.1) is 12.7 Å². The van der Waals surface area contributed by atoms with E-state index in [0.29, 0.717) is 22.3 Å². The minimum atomic E-state index is -0.495. The summed E-state index contributed by atoms with van der Waals surface area (Å²) in [6.45, 7) is 0. The predicted octanol–water partition coefficient (Wildman–Crippen LogP) is 3.55. The molecule has 27 heavy (non-hydrogen) atoms. The van der Waals surface area contributed by atoms with Crippen LogP contribution in [0.2, 0.25) is 0 Å². The van der Waals surface area contributed by atoms with Gasteiger partial charge < -0.3 is 14.8 Å². The number of thioether (sulfide) groups is 1. The number of carbonyl (C=O) groups is 1. The Bertz CT molecular complexity index is 994. The zero-order valence-corrected chi connectivity index (χ0v) is 15.5. The first-order valence-electron chi connectivity index (χ1n) is 8.19. The molecule has 3 aromatic rings. The molecule has 2 aromatic carbocycles. The van der Waals surface area contributed by atoms with Gasteiger partial charge in [0.2, 0.25) is 11.0 Å². The normalized spacial score (nSPS) is 14.8. The number of aromatic nitrogens is 3. The van der Waals surface area contributed by atoms with Gasteiger partial charge in [0.25, 0.3) is 0 Å². The van der Waals surface area contributed by atoms with E-state index < -0.39 is 6.23 Å². The van der Waals surface area contributed by atoms with Crippen molar-refractivity contribution in [3.63, 3.8) is 0 Å². The van der Waals surface area contributed by atoms with Crippen molar-refractivity contribution in [2.75, 3.05) is 18.7 Å². The molecule has 0 saturated heterocycles. The van der Waals surface area contributed by atoms with E-state index in [1.807, 2.05) is 42.7 Å². The molecule has 0 amide bonds. The number of ether oxygens (including phenoxy) is 2. The average Bonchev–Trinajstić information content (AvgIpc) is 2.89. The van der Waals surface area contributed by atoms with Gasteiger partial charge in [-0.25, -0.2) is 4.79 Å². The molecule has 0 aliphatic carbocycles. The van der Waals surface area contributed by atoms with Crippen LogP contribution in [0.5, 0.6) is 5.88 Å². The summed E-state index contributed by atoms with van der Waals surface area (Å²) in [4.78, 5) is 16.1. The van der Waals surface area contributed by atoms with Crippen molar-refractivity contribution in [3.05, 3.63) is 59.7 Å². The van der Waals surface area contributed by atoms with E-state index in [0.717, 1.165) is 16.8 Å². The molecule has 1 aliphatic heterocycles. The minimum Gasteiger partial charge on any atom is -0.465 e. The van der Waals surface area contributed by atoms with Gasteiger partial charge in [0.1, 0.15) is 0 Å². The molecule has 1 aromatic heterocycles. The molecule has 1 aliphatic rings. The molecular formula is C19H16N4O3S. The highest BCUT2D eigenvalue weighted by Gasteiger charge is 2.26. The number of nitrogens with one attached hydrogen (secondary N) is 1. The van der Waals surface area contributed by atoms with Crippen LogP contribution in [-0.4, -0.2) is 34.5 Å². The fourth-order valence-electron chi connectivity index (χ4n) is 2.80. The molecule has 136 valence electrons. The molecule has 7 nitrogen and oxygen atoms in total. The number of benzene rings is 2. The summed E-state index contributed by atoms with van der Waals surface area (Å²) in [5.74, 6) is 0.0300. The van der Waals surface area contributed by atoms with Crippen LogP contribution in [0.4, 0.5) is 5.69 Å². The van der Waals surface area contributed by atoms with Crippen LogP contribution in [0, 0.1) is 0 Å². The third kappa shape index (κ3) is 3.31. The summed E-state index contributed by atoms with van der Waals surface area (Å²) in [5, 5.41) is 12.3. The van der Waals surface area contributed by atoms with Crippen molar-refractivity contribution in [1.29, 1.82) is 0 Å². The Morgan fingerprint density at radius 2 is 1.93 bits per heavy atom. The lowest BCUT2D eigenvalue weighted by Gasteiger charge is -2.19. The summed E-state index contributed by atoms with van der Waals surface area (Å²) < 4.78 is 10.9. The fourth-order valence-corrected chi connectivity index (χ4v) is 3.09. The third-order valence-electron chi connectivity index (χ3n) is 4.15. The Hall–Kier alpha value is -3.13. The molecule has 0 saturated carbocycles. The molecule has 1 N–H and O–H groups in total. The molecule has 2 heterocycles. The van der Waals surface area contributed by atoms with Crippen LogP contribution in [0.3, 0.4) is 0 Å². The maximum Gasteiger partial charge on any atom is 0.337 e. The van der Waals surface area contributed by atoms with Crippen molar-refractivity contribution in [2.24, 2.45) is 0 Å². The number of nitrogens with zero attached hydrogens (tertiary/aromatic N) is 3. The van der Waals surface area contributed by atoms with Crippen molar-refractivity contribution < 1.29 is 14.3 Å². The number of hydrogen-bond donors (Lipinski definition) is 1. The molecule has 0 radical (unpaired) electrons. The number of methoxy groups -OCH3 is 1. The second-order valence-electron chi connectivity index (χ2n) is 5.75. The van der Waals surface area contributed by atoms with Gasteiger partial charge >= 0.3 is 5.97 Å². The van der Waals surface area contributed by atoms with Gasteiger partial charge in [0.15, 0.2) is 11.9 Å². The number of carbonyl (C=O) groups excluding carboxylic acids is 1. The Balaban J connectivity index is 1.76. The first-order valence-corrected chi connectivity index (χ1v) is 9.41. The highest BCUT2D eigenvalue weighted by molar-refractivity contribution is 7.98. The Labute approximate surface area is 160 Å². The SMILES string of the molecule is COC(=O)c1ccc([C@H]2Nc3ccccc3-c3nnc(SC)nc3O2)cc1. The van der Waals surface area contributed by atoms with Gasteiger partial charge in [-0.15, -0.1) is 10.2 Å². The van der Waals surface area contributed by atoms with Crippen LogP contribution in [0.15, 0.2) is 53.7 Å². The highest BCUT2D eigenvalue weighted by atomic mass is 32.2. The summed E-state index contributed by atoms with van der Waals surface area (Å²) in [5.41, 5.74) is 3.64. The number of anilines is 1. The smallest absolute Gasteiger partial charge is 0.337 e. The molecule has 4 rings (SSSR count). The molecule has 0 bridgehead atoms. The number of hydrogen-bond acceptors (Lipinski definition) is 8. The van der Waals surface area contributed by atoms with E-state index in [2.05, 4.69) is 20.5 Å². The molecule has 0 spiro atoms. The zero-order valence-electron chi connectivity index (χ0n) is 14.7. The van der Waals surface area contributed by atoms with Gasteiger partial charge in [-0.1, -0.05) is 42.1 Å². The van der Waals surface area contributed by atoms with Gasteiger partial charge in [-0.2, -0.15) is 4.98 Å². The summed E-state index contributed by atoms with van der Waals surface area (Å²) in [7, 11) is 1.36. The molecule has 0 fully saturated rings. The zero-order chi connectivity index (χ0) is 18.8. The summed E-state index contributed by atoms with van der Waals surface area (Å²) >= 11 is 1.40. The molecular weight excluding hydrogens is 364 g/mol. The quantitative estimate of drug-likeness (QED) is 0.545. The topological polar surface area (TPSA) is 86.2 Å². The lowest BCUT2D eigenvalue weighted by molar-refractivity contribution is 0.0600. The summed E-state index contributed by atoms with van der Waals surface area (Å²) in [6.07, 6.45) is 1.39. The van der Waals surface area contributed by atoms with Crippen LogP contribution in [0.25, 0.3) is 11.3 Å². The first-order chi connectivity index (χ1) is 13.2. The van der Waals surface area contributed by atoms with E-state index in [1.165, 1.54) is 18.9 Å². The second-order valence-corrected chi connectivity index (χ2v) is 6.53. The standard InChI is InChI=1S/C19H16N4O3S/c1-25-18(24)12-9-7-11(8-10-12)16-20-14-6-4-3-5-13(14)15-17(26-16)21-19(27-2)23-22-15/h3-10,16,20H,1-2H3/t16-/m0/s1. The van der Waals surface area contributed by atoms with Gasteiger partial charge in [-0.05, 0) is 24.5 Å². The molecule has 8 heteroatoms. The van der Waals surface area contributed by atoms with Crippen LogP contribution in [-0.2, 0) is 4.74 Å². The summed E-state index contributed by atoms with van der Waals surface area (Å²) in [6, 6.07) is 14.8. The van der Waals surface area contributed by atoms with Crippen molar-refractivity contribution >= 4 is 23.4 Å². The molecule has 0 unspecified atom stereocenters. The Morgan fingerprint density at radius 3 is 2.67 bits per heavy atom. The monoisotopic (exact) mass is 380 g/mol. The average molecular weight is 380 g/mol. The van der Waals surface area contributed by atoms with Crippen molar-refractivity contribution in [1.82, 2.24) is 15.2 Å². The Morgan fingerprint density at radius 1 is 1.15 bits per heavy atom. The number of fused-ring (bicyclic) bond motifs is 3. The lowest BCUT2D eigenvalue weighted by Crippen LogP contribution is -2.17. The largest absolute Gasteiger partial charge is 0.465 e. The van der Waals surface area contributed by atoms with Gasteiger partial charge in [-0.3, -0.25) is 0 Å². The number of esters is 1. The number of rotatable bonds is 3. The highest BCUT2D eigenvalue weighted by Crippen LogP contribution is 2.39. The van der Waals surface area contributed by atoms with Crippen molar-refractivity contribution in [3.8, 4) is 17.1 Å². The lowest BCUT2D eigenvalue weighted by atomic mass is 10.1. The third-order valence-corrected chi connectivity index (χ3v) is 4.69. The predicted molar refractivity (Wildman–Crippen MR) is 102 cm³/mol. The fraction of sp³-hybridized carbons (Fsp3) is 0.158. The second kappa shape index (κ2) is 7.24. The Kier molecular flexibility index (Phi) is 4.64. The van der Waals surface area contributed by atoms with Gasteiger partial charge in [0, 0.05) is 16.8 Å². The van der Waals surface area contributed by atoms with E-state index in [4.69, 9.17) is 9.47 Å². The number of para-hydroxylation sites is 1. The van der Waals surface area contributed by atoms with E-state index in [9.17, 15) is 4.79 Å². The first kappa shape index (κ1) is 17.3. The van der Waals surface area contributed by atoms with Crippen LogP contribution in [0.1, 0.15) is 22.1 Å². The van der Waals surface area contributed by atoms with E-state index in [-0.39, 0.29) is 5.97 Å². The van der Waals surface area contributed by atoms with Crippen molar-refractivity contribution in [2.45, 2.75) is 11.4 Å². The maximum absolute atomic E-state index is 11.7. The van der Waals surface area contributed by atoms with Crippen LogP contribution >= 0.6 is 11.8 Å².